The molecule has 1 aromatic rings. The lowest BCUT2D eigenvalue weighted by Gasteiger charge is -2.29. The molecular weight excluding hydrogens is 464 g/mol. The highest BCUT2D eigenvalue weighted by Crippen LogP contribution is 2.14. The minimum absolute atomic E-state index is 0.0641. The van der Waals surface area contributed by atoms with E-state index in [9.17, 15) is 29.4 Å². The van der Waals surface area contributed by atoms with Gasteiger partial charge in [-0.15, -0.1) is 0 Å². The van der Waals surface area contributed by atoms with Gasteiger partial charge in [-0.3, -0.25) is 14.4 Å². The van der Waals surface area contributed by atoms with Gasteiger partial charge in [0, 0.05) is 6.42 Å². The zero-order valence-electron chi connectivity index (χ0n) is 22.1. The Kier molecular flexibility index (Phi) is 12.4. The van der Waals surface area contributed by atoms with Gasteiger partial charge in [0.15, 0.2) is 0 Å². The highest BCUT2D eigenvalue weighted by atomic mass is 16.4. The fourth-order valence-corrected chi connectivity index (χ4v) is 3.57. The van der Waals surface area contributed by atoms with E-state index < -0.39 is 47.9 Å². The number of nitrogens with two attached hydrogens (primary N) is 1. The van der Waals surface area contributed by atoms with E-state index in [-0.39, 0.29) is 29.9 Å². The van der Waals surface area contributed by atoms with Crippen LogP contribution in [0.1, 0.15) is 59.9 Å². The largest absolute Gasteiger partial charge is 0.508 e. The van der Waals surface area contributed by atoms with Crippen LogP contribution >= 0.6 is 0 Å². The molecular formula is C26H42N4O6. The summed E-state index contributed by atoms with van der Waals surface area (Å²) < 4.78 is 0. The predicted molar refractivity (Wildman–Crippen MR) is 137 cm³/mol. The van der Waals surface area contributed by atoms with Crippen molar-refractivity contribution in [3.63, 3.8) is 0 Å². The molecule has 0 heterocycles. The number of phenols is 1. The number of rotatable bonds is 14. The smallest absolute Gasteiger partial charge is 0.326 e. The van der Waals surface area contributed by atoms with Crippen molar-refractivity contribution in [3.8, 4) is 5.75 Å². The van der Waals surface area contributed by atoms with Crippen LogP contribution < -0.4 is 21.7 Å². The number of hydrogen-bond acceptors (Lipinski definition) is 6. The first kappa shape index (κ1) is 30.9. The third-order valence-electron chi connectivity index (χ3n) is 6.59. The number of carboxylic acids is 1. The van der Waals surface area contributed by atoms with Gasteiger partial charge in [0.1, 0.15) is 23.9 Å². The molecule has 36 heavy (non-hydrogen) atoms. The first-order valence-electron chi connectivity index (χ1n) is 12.5. The Morgan fingerprint density at radius 1 is 0.806 bits per heavy atom. The summed E-state index contributed by atoms with van der Waals surface area (Å²) in [5, 5.41) is 27.0. The number of amides is 3. The van der Waals surface area contributed by atoms with E-state index in [1.54, 1.807) is 32.9 Å². The third kappa shape index (κ3) is 9.14. The van der Waals surface area contributed by atoms with Crippen LogP contribution in [0, 0.1) is 17.8 Å². The van der Waals surface area contributed by atoms with Gasteiger partial charge in [-0.25, -0.2) is 4.79 Å². The maximum atomic E-state index is 13.4. The monoisotopic (exact) mass is 506 g/mol. The number of aromatic hydroxyl groups is 1. The molecule has 10 nitrogen and oxygen atoms in total. The van der Waals surface area contributed by atoms with E-state index >= 15 is 0 Å². The fraction of sp³-hybridized carbons (Fsp3) is 0.615. The standard InChI is InChI=1S/C26H42N4O6/c1-7-15(5)20(27)24(33)28-19(13-17-9-11-18(31)12-10-17)23(32)30-22(16(6)8-2)25(34)29-21(14(3)4)26(35)36/h9-12,14-16,19-22,31H,7-8,13,27H2,1-6H3,(H,28,33)(H,29,34)(H,30,32)(H,35,36)/t15-,16-,19-,20-,21-,22-/m0/s1. The van der Waals surface area contributed by atoms with Crippen LogP contribution in [0.2, 0.25) is 0 Å². The summed E-state index contributed by atoms with van der Waals surface area (Å²) in [6, 6.07) is 2.24. The molecule has 0 unspecified atom stereocenters. The summed E-state index contributed by atoms with van der Waals surface area (Å²) in [4.78, 5) is 50.8. The lowest BCUT2D eigenvalue weighted by molar-refractivity contribution is -0.144. The van der Waals surface area contributed by atoms with Gasteiger partial charge in [-0.05, 0) is 35.4 Å². The molecule has 0 bridgehead atoms. The van der Waals surface area contributed by atoms with Crippen LogP contribution in [0.3, 0.4) is 0 Å². The van der Waals surface area contributed by atoms with E-state index in [1.165, 1.54) is 12.1 Å². The van der Waals surface area contributed by atoms with Crippen molar-refractivity contribution >= 4 is 23.7 Å². The van der Waals surface area contributed by atoms with E-state index in [4.69, 9.17) is 5.73 Å². The summed E-state index contributed by atoms with van der Waals surface area (Å²) in [5.74, 6) is -3.55. The molecule has 1 rings (SSSR count). The lowest BCUT2D eigenvalue weighted by atomic mass is 9.95. The van der Waals surface area contributed by atoms with Crippen LogP contribution in [0.4, 0.5) is 0 Å². The molecule has 0 aliphatic rings. The molecule has 1 aromatic carbocycles. The molecule has 6 atom stereocenters. The number of carbonyl (C=O) groups excluding carboxylic acids is 3. The molecule has 0 aliphatic carbocycles. The normalized spacial score (nSPS) is 16.2. The summed E-state index contributed by atoms with van der Waals surface area (Å²) in [6.45, 7) is 10.8. The number of hydrogen-bond donors (Lipinski definition) is 6. The average Bonchev–Trinajstić information content (AvgIpc) is 2.84. The quantitative estimate of drug-likeness (QED) is 0.222. The zero-order valence-corrected chi connectivity index (χ0v) is 22.1. The second-order valence-electron chi connectivity index (χ2n) is 9.78. The number of nitrogens with one attached hydrogen (secondary N) is 3. The summed E-state index contributed by atoms with van der Waals surface area (Å²) in [5.41, 5.74) is 6.75. The van der Waals surface area contributed by atoms with Crippen LogP contribution in [0.25, 0.3) is 0 Å². The molecule has 0 spiro atoms. The van der Waals surface area contributed by atoms with Gasteiger partial charge in [0.25, 0.3) is 0 Å². The molecule has 0 saturated carbocycles. The van der Waals surface area contributed by atoms with Crippen LogP contribution in [-0.4, -0.2) is 58.1 Å². The summed E-state index contributed by atoms with van der Waals surface area (Å²) >= 11 is 0. The molecule has 0 aromatic heterocycles. The topological polar surface area (TPSA) is 171 Å². The first-order chi connectivity index (χ1) is 16.8. The molecule has 0 fully saturated rings. The van der Waals surface area contributed by atoms with Gasteiger partial charge in [-0.1, -0.05) is 66.5 Å². The van der Waals surface area contributed by atoms with Crippen molar-refractivity contribution in [1.29, 1.82) is 0 Å². The Morgan fingerprint density at radius 3 is 1.81 bits per heavy atom. The first-order valence-corrected chi connectivity index (χ1v) is 12.5. The molecule has 0 radical (unpaired) electrons. The van der Waals surface area contributed by atoms with Gasteiger partial charge in [0.2, 0.25) is 17.7 Å². The maximum Gasteiger partial charge on any atom is 0.326 e. The minimum Gasteiger partial charge on any atom is -0.508 e. The fourth-order valence-electron chi connectivity index (χ4n) is 3.57. The third-order valence-corrected chi connectivity index (χ3v) is 6.59. The second kappa shape index (κ2) is 14.4. The van der Waals surface area contributed by atoms with Crippen molar-refractivity contribution in [2.45, 2.75) is 85.0 Å². The Hall–Kier alpha value is -3.14. The molecule has 7 N–H and O–H groups in total. The predicted octanol–water partition coefficient (Wildman–Crippen LogP) is 1.55. The van der Waals surface area contributed by atoms with Crippen molar-refractivity contribution < 1.29 is 29.4 Å². The second-order valence-corrected chi connectivity index (χ2v) is 9.78. The SMILES string of the molecule is CC[C@H](C)[C@H](N)C(=O)N[C@@H](Cc1ccc(O)cc1)C(=O)N[C@H](C(=O)N[C@H](C(=O)O)C(C)C)[C@@H](C)CC. The number of carboxylic acid groups (broad SMARTS) is 1. The highest BCUT2D eigenvalue weighted by molar-refractivity contribution is 5.94. The number of phenolic OH excluding ortho intramolecular Hbond substituents is 1. The lowest BCUT2D eigenvalue weighted by Crippen LogP contribution is -2.59. The van der Waals surface area contributed by atoms with Crippen molar-refractivity contribution in [2.75, 3.05) is 0 Å². The molecule has 10 heteroatoms. The Morgan fingerprint density at radius 2 is 1.33 bits per heavy atom. The van der Waals surface area contributed by atoms with Crippen LogP contribution in [0.5, 0.6) is 5.75 Å². The van der Waals surface area contributed by atoms with Gasteiger partial charge >= 0.3 is 5.97 Å². The Balaban J connectivity index is 3.19. The molecule has 3 amide bonds. The number of carbonyl (C=O) groups is 4. The van der Waals surface area contributed by atoms with Gasteiger partial charge < -0.3 is 31.9 Å². The van der Waals surface area contributed by atoms with Gasteiger partial charge in [0.05, 0.1) is 6.04 Å². The van der Waals surface area contributed by atoms with Crippen molar-refractivity contribution in [1.82, 2.24) is 16.0 Å². The maximum absolute atomic E-state index is 13.4. The minimum atomic E-state index is -1.16. The average molecular weight is 507 g/mol. The van der Waals surface area contributed by atoms with E-state index in [0.717, 1.165) is 0 Å². The molecule has 0 aliphatic heterocycles. The molecule has 202 valence electrons. The van der Waals surface area contributed by atoms with E-state index in [2.05, 4.69) is 16.0 Å². The summed E-state index contributed by atoms with van der Waals surface area (Å²) in [7, 11) is 0. The molecule has 0 saturated heterocycles. The van der Waals surface area contributed by atoms with Crippen LogP contribution in [0.15, 0.2) is 24.3 Å². The van der Waals surface area contributed by atoms with Crippen LogP contribution in [-0.2, 0) is 25.6 Å². The van der Waals surface area contributed by atoms with Crippen molar-refractivity contribution in [2.24, 2.45) is 23.5 Å². The zero-order chi connectivity index (χ0) is 27.6. The number of aliphatic carboxylic acids is 1. The van der Waals surface area contributed by atoms with E-state index in [0.29, 0.717) is 18.4 Å². The van der Waals surface area contributed by atoms with E-state index in [1.807, 2.05) is 20.8 Å². The Labute approximate surface area is 213 Å². The van der Waals surface area contributed by atoms with Crippen molar-refractivity contribution in [3.05, 3.63) is 29.8 Å². The summed E-state index contributed by atoms with van der Waals surface area (Å²) in [6.07, 6.45) is 1.33. The van der Waals surface area contributed by atoms with Gasteiger partial charge in [-0.2, -0.15) is 0 Å². The highest BCUT2D eigenvalue weighted by Gasteiger charge is 2.34. The number of benzene rings is 1. The Bertz CT molecular complexity index is 889.